The van der Waals surface area contributed by atoms with Gasteiger partial charge >= 0.3 is 0 Å². The highest BCUT2D eigenvalue weighted by Gasteiger charge is 2.01. The lowest BCUT2D eigenvalue weighted by Crippen LogP contribution is -2.20. The van der Waals surface area contributed by atoms with Gasteiger partial charge in [-0.25, -0.2) is 0 Å². The van der Waals surface area contributed by atoms with E-state index in [1.807, 2.05) is 0 Å². The maximum absolute atomic E-state index is 11.3. The molecule has 0 aliphatic carbocycles. The second kappa shape index (κ2) is 11.6. The molecule has 0 aliphatic rings. The molecule has 3 heteroatoms. The summed E-state index contributed by atoms with van der Waals surface area (Å²) < 4.78 is 0. The van der Waals surface area contributed by atoms with Crippen molar-refractivity contribution in [1.82, 2.24) is 4.90 Å². The van der Waals surface area contributed by atoms with Crippen LogP contribution in [0.25, 0.3) is 0 Å². The van der Waals surface area contributed by atoms with Crippen LogP contribution in [0.2, 0.25) is 0 Å². The van der Waals surface area contributed by atoms with Crippen LogP contribution in [0, 0.1) is 0 Å². The first-order valence-electron chi connectivity index (χ1n) is 6.64. The summed E-state index contributed by atoms with van der Waals surface area (Å²) in [6.07, 6.45) is 12.5. The lowest BCUT2D eigenvalue weighted by atomic mass is 10.1. The molecule has 100 valence electrons. The van der Waals surface area contributed by atoms with Crippen LogP contribution < -0.4 is 0 Å². The smallest absolute Gasteiger partial charge is 0.222 e. The van der Waals surface area contributed by atoms with E-state index < -0.39 is 0 Å². The fourth-order valence-corrected chi connectivity index (χ4v) is 1.55. The Labute approximate surface area is 106 Å². The van der Waals surface area contributed by atoms with Crippen LogP contribution in [-0.2, 0) is 4.79 Å². The van der Waals surface area contributed by atoms with Crippen molar-refractivity contribution in [3.05, 3.63) is 12.2 Å². The Hall–Kier alpha value is -0.830. The predicted molar refractivity (Wildman–Crippen MR) is 71.9 cm³/mol. The van der Waals surface area contributed by atoms with E-state index in [2.05, 4.69) is 12.2 Å². The molecule has 0 unspecified atom stereocenters. The van der Waals surface area contributed by atoms with E-state index in [0.717, 1.165) is 44.9 Å². The summed E-state index contributed by atoms with van der Waals surface area (Å²) in [5.74, 6) is 0.226. The molecule has 0 atom stereocenters. The van der Waals surface area contributed by atoms with Crippen LogP contribution in [0.15, 0.2) is 12.2 Å². The van der Waals surface area contributed by atoms with Crippen molar-refractivity contribution < 1.29 is 9.90 Å². The second-order valence-corrected chi connectivity index (χ2v) is 4.58. The van der Waals surface area contributed by atoms with Gasteiger partial charge in [0, 0.05) is 27.1 Å². The maximum Gasteiger partial charge on any atom is 0.222 e. The Kier molecular flexibility index (Phi) is 11.1. The van der Waals surface area contributed by atoms with Crippen LogP contribution in [0.1, 0.15) is 51.4 Å². The van der Waals surface area contributed by atoms with E-state index in [1.165, 1.54) is 0 Å². The molecule has 0 rings (SSSR count). The molecule has 0 aliphatic heterocycles. The number of rotatable bonds is 10. The molecule has 0 radical (unpaired) electrons. The van der Waals surface area contributed by atoms with E-state index in [-0.39, 0.29) is 5.91 Å². The molecule has 0 fully saturated rings. The van der Waals surface area contributed by atoms with Crippen LogP contribution in [0.3, 0.4) is 0 Å². The van der Waals surface area contributed by atoms with E-state index >= 15 is 0 Å². The van der Waals surface area contributed by atoms with Crippen molar-refractivity contribution in [2.45, 2.75) is 51.4 Å². The Morgan fingerprint density at radius 3 is 2.12 bits per heavy atom. The predicted octanol–water partition coefficient (Wildman–Crippen LogP) is 2.74. The normalized spacial score (nSPS) is 11.0. The molecule has 0 saturated carbocycles. The van der Waals surface area contributed by atoms with Crippen molar-refractivity contribution in [3.63, 3.8) is 0 Å². The number of carbonyl (C=O) groups is 1. The van der Waals surface area contributed by atoms with Crippen LogP contribution in [0.5, 0.6) is 0 Å². The van der Waals surface area contributed by atoms with Gasteiger partial charge in [0.2, 0.25) is 5.91 Å². The lowest BCUT2D eigenvalue weighted by molar-refractivity contribution is -0.128. The van der Waals surface area contributed by atoms with Crippen LogP contribution in [0.4, 0.5) is 0 Å². The van der Waals surface area contributed by atoms with Crippen molar-refractivity contribution in [2.24, 2.45) is 0 Å². The Morgan fingerprint density at radius 1 is 1.00 bits per heavy atom. The van der Waals surface area contributed by atoms with Crippen LogP contribution in [-0.4, -0.2) is 36.6 Å². The second-order valence-electron chi connectivity index (χ2n) is 4.58. The van der Waals surface area contributed by atoms with Crippen molar-refractivity contribution in [1.29, 1.82) is 0 Å². The van der Waals surface area contributed by atoms with Gasteiger partial charge in [0.1, 0.15) is 0 Å². The van der Waals surface area contributed by atoms with E-state index in [0.29, 0.717) is 13.0 Å². The highest BCUT2D eigenvalue weighted by atomic mass is 16.2. The minimum atomic E-state index is 0.226. The van der Waals surface area contributed by atoms with Gasteiger partial charge in [-0.2, -0.15) is 0 Å². The molecule has 0 aromatic rings. The molecule has 1 N–H and O–H groups in total. The summed E-state index contributed by atoms with van der Waals surface area (Å²) in [4.78, 5) is 12.9. The summed E-state index contributed by atoms with van der Waals surface area (Å²) in [6, 6.07) is 0. The minimum absolute atomic E-state index is 0.226. The number of carbonyl (C=O) groups excluding carboxylic acids is 1. The van der Waals surface area contributed by atoms with Gasteiger partial charge in [0.15, 0.2) is 0 Å². The van der Waals surface area contributed by atoms with Gasteiger partial charge in [-0.3, -0.25) is 4.79 Å². The zero-order valence-corrected chi connectivity index (χ0v) is 11.3. The number of hydrogen-bond donors (Lipinski definition) is 1. The quantitative estimate of drug-likeness (QED) is 0.472. The Bertz CT molecular complexity index is 212. The zero-order chi connectivity index (χ0) is 12.9. The van der Waals surface area contributed by atoms with Crippen LogP contribution >= 0.6 is 0 Å². The number of unbranched alkanes of at least 4 members (excludes halogenated alkanes) is 5. The third-order valence-corrected chi connectivity index (χ3v) is 2.71. The average Bonchev–Trinajstić information content (AvgIpc) is 2.31. The van der Waals surface area contributed by atoms with Gasteiger partial charge in [0.05, 0.1) is 0 Å². The standard InChI is InChI=1S/C14H27NO2/c1-15(2)14(17)12-10-8-6-4-3-5-7-9-11-13-16/h3,5,16H,4,6-13H2,1-2H3/b5-3-. The SMILES string of the molecule is CN(C)C(=O)CCCCC/C=C\CCCCO. The molecular weight excluding hydrogens is 214 g/mol. The largest absolute Gasteiger partial charge is 0.396 e. The Balaban J connectivity index is 3.20. The number of allylic oxidation sites excluding steroid dienone is 2. The molecule has 0 bridgehead atoms. The fraction of sp³-hybridized carbons (Fsp3) is 0.786. The number of aliphatic hydroxyl groups excluding tert-OH is 1. The summed E-state index contributed by atoms with van der Waals surface area (Å²) in [6.45, 7) is 0.299. The average molecular weight is 241 g/mol. The molecule has 0 aromatic carbocycles. The van der Waals surface area contributed by atoms with Crippen molar-refractivity contribution in [2.75, 3.05) is 20.7 Å². The van der Waals surface area contributed by atoms with Gasteiger partial charge in [-0.15, -0.1) is 0 Å². The highest BCUT2D eigenvalue weighted by Crippen LogP contribution is 2.05. The van der Waals surface area contributed by atoms with Crippen molar-refractivity contribution >= 4 is 5.91 Å². The number of hydrogen-bond acceptors (Lipinski definition) is 2. The summed E-state index contributed by atoms with van der Waals surface area (Å²) in [5, 5.41) is 8.59. The first-order valence-corrected chi connectivity index (χ1v) is 6.64. The molecular formula is C14H27NO2. The monoisotopic (exact) mass is 241 g/mol. The number of amides is 1. The minimum Gasteiger partial charge on any atom is -0.396 e. The molecule has 3 nitrogen and oxygen atoms in total. The molecule has 0 heterocycles. The highest BCUT2D eigenvalue weighted by molar-refractivity contribution is 5.75. The zero-order valence-electron chi connectivity index (χ0n) is 11.3. The van der Waals surface area contributed by atoms with E-state index in [9.17, 15) is 4.79 Å². The van der Waals surface area contributed by atoms with Gasteiger partial charge in [0.25, 0.3) is 0 Å². The third kappa shape index (κ3) is 11.4. The lowest BCUT2D eigenvalue weighted by Gasteiger charge is -2.09. The number of aliphatic hydroxyl groups is 1. The molecule has 0 spiro atoms. The summed E-state index contributed by atoms with van der Waals surface area (Å²) in [7, 11) is 3.61. The first-order chi connectivity index (χ1) is 8.18. The number of nitrogens with zero attached hydrogens (tertiary/aromatic N) is 1. The maximum atomic E-state index is 11.3. The topological polar surface area (TPSA) is 40.5 Å². The fourth-order valence-electron chi connectivity index (χ4n) is 1.55. The summed E-state index contributed by atoms with van der Waals surface area (Å²) >= 11 is 0. The molecule has 0 saturated heterocycles. The molecule has 1 amide bonds. The van der Waals surface area contributed by atoms with Gasteiger partial charge in [-0.1, -0.05) is 18.6 Å². The van der Waals surface area contributed by atoms with E-state index in [4.69, 9.17) is 5.11 Å². The molecule has 0 aromatic heterocycles. The summed E-state index contributed by atoms with van der Waals surface area (Å²) in [5.41, 5.74) is 0. The van der Waals surface area contributed by atoms with Gasteiger partial charge < -0.3 is 10.0 Å². The van der Waals surface area contributed by atoms with Crippen molar-refractivity contribution in [3.8, 4) is 0 Å². The van der Waals surface area contributed by atoms with Gasteiger partial charge in [-0.05, 0) is 38.5 Å². The molecule has 17 heavy (non-hydrogen) atoms. The third-order valence-electron chi connectivity index (χ3n) is 2.71. The van der Waals surface area contributed by atoms with E-state index in [1.54, 1.807) is 19.0 Å². The first kappa shape index (κ1) is 16.2. The Morgan fingerprint density at radius 2 is 1.59 bits per heavy atom.